The van der Waals surface area contributed by atoms with Gasteiger partial charge in [-0.2, -0.15) is 0 Å². The summed E-state index contributed by atoms with van der Waals surface area (Å²) in [7, 11) is 2.64. The molecule has 1 aromatic carbocycles. The van der Waals surface area contributed by atoms with Crippen molar-refractivity contribution < 1.29 is 22.5 Å². The van der Waals surface area contributed by atoms with E-state index in [4.69, 9.17) is 15.4 Å². The van der Waals surface area contributed by atoms with Crippen molar-refractivity contribution in [2.75, 3.05) is 12.4 Å². The van der Waals surface area contributed by atoms with Crippen molar-refractivity contribution in [2.24, 2.45) is 0 Å². The van der Waals surface area contributed by atoms with Crippen molar-refractivity contribution >= 4 is 31.3 Å². The average Bonchev–Trinajstić information content (AvgIpc) is 2.91. The second-order valence-corrected chi connectivity index (χ2v) is 6.65. The lowest BCUT2D eigenvalue weighted by Crippen LogP contribution is -2.14. The number of nitrogens with zero attached hydrogens (tertiary/aromatic N) is 1. The van der Waals surface area contributed by atoms with Crippen LogP contribution in [0.3, 0.4) is 0 Å². The van der Waals surface area contributed by atoms with Crippen LogP contribution in [0.2, 0.25) is 0 Å². The zero-order valence-corrected chi connectivity index (χ0v) is 12.7. The number of nitrogens with one attached hydrogen (secondary N) is 1. The van der Waals surface area contributed by atoms with Crippen molar-refractivity contribution in [3.8, 4) is 5.75 Å². The first-order valence-corrected chi connectivity index (χ1v) is 7.99. The predicted octanol–water partition coefficient (Wildman–Crippen LogP) is 2.17. The number of carbonyl (C=O) groups excluding carboxylic acids is 1. The first kappa shape index (κ1) is 15.3. The molecule has 0 aliphatic rings. The quantitative estimate of drug-likeness (QED) is 0.863. The van der Waals surface area contributed by atoms with Gasteiger partial charge in [0, 0.05) is 16.7 Å². The number of hydrogen-bond acceptors (Lipinski definition) is 6. The number of aromatic nitrogens is 1. The van der Waals surface area contributed by atoms with E-state index in [9.17, 15) is 13.2 Å². The van der Waals surface area contributed by atoms with Gasteiger partial charge in [0.2, 0.25) is 0 Å². The number of ether oxygens (including phenoxy) is 1. The summed E-state index contributed by atoms with van der Waals surface area (Å²) in [5.74, 6) is -0.613. The minimum Gasteiger partial charge on any atom is -0.493 e. The van der Waals surface area contributed by atoms with Gasteiger partial charge in [-0.1, -0.05) is 5.16 Å². The highest BCUT2D eigenvalue weighted by Gasteiger charge is 2.22. The van der Waals surface area contributed by atoms with Gasteiger partial charge in [-0.15, -0.1) is 0 Å². The number of amides is 1. The number of halogens is 1. The summed E-state index contributed by atoms with van der Waals surface area (Å²) < 4.78 is 32.8. The molecule has 1 N–H and O–H groups in total. The summed E-state index contributed by atoms with van der Waals surface area (Å²) in [5.41, 5.74) is 0.809. The highest BCUT2D eigenvalue weighted by atomic mass is 35.7. The largest absolute Gasteiger partial charge is 0.493 e. The van der Waals surface area contributed by atoms with E-state index in [2.05, 4.69) is 15.0 Å². The van der Waals surface area contributed by atoms with Crippen LogP contribution in [-0.2, 0) is 9.05 Å². The summed E-state index contributed by atoms with van der Waals surface area (Å²) in [6, 6.07) is 4.28. The number of benzene rings is 1. The first-order valence-electron chi connectivity index (χ1n) is 5.68. The van der Waals surface area contributed by atoms with E-state index in [-0.39, 0.29) is 22.0 Å². The molecular weight excluding hydrogens is 320 g/mol. The van der Waals surface area contributed by atoms with Crippen LogP contribution in [0.5, 0.6) is 5.75 Å². The standard InChI is InChI=1S/C12H11ClN2O5S/c1-7-5-9(14-12(16)8-3-4-20-15-8)11(19-2)10(6-7)21(13,17)18/h3-6H,1-2H3,(H,14,16). The highest BCUT2D eigenvalue weighted by Crippen LogP contribution is 2.35. The zero-order valence-electron chi connectivity index (χ0n) is 11.1. The molecule has 1 amide bonds. The Labute approximate surface area is 125 Å². The predicted molar refractivity (Wildman–Crippen MR) is 75.2 cm³/mol. The second-order valence-electron chi connectivity index (χ2n) is 4.12. The minimum absolute atomic E-state index is 0.0487. The Balaban J connectivity index is 2.49. The van der Waals surface area contributed by atoms with Crippen molar-refractivity contribution in [2.45, 2.75) is 11.8 Å². The molecule has 0 saturated carbocycles. The molecule has 7 nitrogen and oxygen atoms in total. The number of carbonyl (C=O) groups is 1. The molecule has 0 bridgehead atoms. The Morgan fingerprint density at radius 1 is 1.43 bits per heavy atom. The van der Waals surface area contributed by atoms with E-state index in [0.717, 1.165) is 0 Å². The van der Waals surface area contributed by atoms with Gasteiger partial charge in [-0.25, -0.2) is 8.42 Å². The summed E-state index contributed by atoms with van der Waals surface area (Å²) in [4.78, 5) is 11.7. The van der Waals surface area contributed by atoms with E-state index in [1.165, 1.54) is 25.5 Å². The molecule has 0 fully saturated rings. The Morgan fingerprint density at radius 2 is 2.14 bits per heavy atom. The van der Waals surface area contributed by atoms with Gasteiger partial charge < -0.3 is 14.6 Å². The van der Waals surface area contributed by atoms with Gasteiger partial charge >= 0.3 is 0 Å². The zero-order chi connectivity index (χ0) is 15.6. The number of aryl methyl sites for hydroxylation is 1. The Kier molecular flexibility index (Phi) is 4.19. The Bertz CT molecular complexity index is 771. The molecule has 21 heavy (non-hydrogen) atoms. The molecule has 0 radical (unpaired) electrons. The fraction of sp³-hybridized carbons (Fsp3) is 0.167. The number of rotatable bonds is 4. The van der Waals surface area contributed by atoms with Gasteiger partial charge in [0.15, 0.2) is 11.4 Å². The number of anilines is 1. The normalized spacial score (nSPS) is 11.2. The number of methoxy groups -OCH3 is 1. The summed E-state index contributed by atoms with van der Waals surface area (Å²) >= 11 is 0. The van der Waals surface area contributed by atoms with E-state index in [0.29, 0.717) is 5.56 Å². The second kappa shape index (κ2) is 5.74. The maximum Gasteiger partial charge on any atom is 0.277 e. The fourth-order valence-electron chi connectivity index (χ4n) is 1.74. The van der Waals surface area contributed by atoms with E-state index in [1.54, 1.807) is 13.0 Å². The molecule has 2 rings (SSSR count). The summed E-state index contributed by atoms with van der Waals surface area (Å²) in [6.07, 6.45) is 1.25. The molecule has 0 aliphatic heterocycles. The molecule has 112 valence electrons. The molecule has 0 aliphatic carbocycles. The Morgan fingerprint density at radius 3 is 2.67 bits per heavy atom. The summed E-state index contributed by atoms with van der Waals surface area (Å²) in [6.45, 7) is 1.66. The first-order chi connectivity index (χ1) is 9.82. The van der Waals surface area contributed by atoms with Crippen molar-refractivity contribution in [1.29, 1.82) is 0 Å². The van der Waals surface area contributed by atoms with Crippen LogP contribution in [-0.4, -0.2) is 26.6 Å². The Hall–Kier alpha value is -2.06. The van der Waals surface area contributed by atoms with Crippen LogP contribution in [0.1, 0.15) is 16.1 Å². The molecule has 2 aromatic rings. The summed E-state index contributed by atoms with van der Waals surface area (Å²) in [5, 5.41) is 6.00. The monoisotopic (exact) mass is 330 g/mol. The third-order valence-corrected chi connectivity index (χ3v) is 3.91. The van der Waals surface area contributed by atoms with E-state index in [1.807, 2.05) is 0 Å². The lowest BCUT2D eigenvalue weighted by atomic mass is 10.2. The maximum absolute atomic E-state index is 11.9. The van der Waals surface area contributed by atoms with Gasteiger partial charge in [-0.3, -0.25) is 4.79 Å². The van der Waals surface area contributed by atoms with Crippen molar-refractivity contribution in [3.05, 3.63) is 35.7 Å². The SMILES string of the molecule is COc1c(NC(=O)c2ccon2)cc(C)cc1S(=O)(=O)Cl. The van der Waals surface area contributed by atoms with Gasteiger partial charge in [0.1, 0.15) is 11.2 Å². The van der Waals surface area contributed by atoms with Crippen LogP contribution in [0.15, 0.2) is 33.9 Å². The number of hydrogen-bond donors (Lipinski definition) is 1. The van der Waals surface area contributed by atoms with Crippen LogP contribution >= 0.6 is 10.7 Å². The third-order valence-electron chi connectivity index (χ3n) is 2.58. The minimum atomic E-state index is -4.02. The van der Waals surface area contributed by atoms with Gasteiger partial charge in [-0.05, 0) is 24.6 Å². The highest BCUT2D eigenvalue weighted by molar-refractivity contribution is 8.13. The average molecular weight is 331 g/mol. The maximum atomic E-state index is 11.9. The molecule has 9 heteroatoms. The van der Waals surface area contributed by atoms with Crippen LogP contribution < -0.4 is 10.1 Å². The molecule has 0 atom stereocenters. The van der Waals surface area contributed by atoms with Gasteiger partial charge in [0.25, 0.3) is 15.0 Å². The molecule has 0 saturated heterocycles. The molecule has 0 unspecified atom stereocenters. The third kappa shape index (κ3) is 3.34. The molecule has 1 heterocycles. The van der Waals surface area contributed by atoms with Crippen LogP contribution in [0.4, 0.5) is 5.69 Å². The van der Waals surface area contributed by atoms with E-state index < -0.39 is 15.0 Å². The fourth-order valence-corrected chi connectivity index (χ4v) is 2.83. The van der Waals surface area contributed by atoms with E-state index >= 15 is 0 Å². The topological polar surface area (TPSA) is 98.5 Å². The lowest BCUT2D eigenvalue weighted by molar-refractivity contribution is 0.101. The molecule has 1 aromatic heterocycles. The van der Waals surface area contributed by atoms with Gasteiger partial charge in [0.05, 0.1) is 12.8 Å². The molecular formula is C12H11ClN2O5S. The molecule has 0 spiro atoms. The van der Waals surface area contributed by atoms with Crippen LogP contribution in [0.25, 0.3) is 0 Å². The lowest BCUT2D eigenvalue weighted by Gasteiger charge is -2.13. The van der Waals surface area contributed by atoms with Crippen molar-refractivity contribution in [1.82, 2.24) is 5.16 Å². The smallest absolute Gasteiger partial charge is 0.277 e. The van der Waals surface area contributed by atoms with Crippen molar-refractivity contribution in [3.63, 3.8) is 0 Å². The van der Waals surface area contributed by atoms with Crippen LogP contribution in [0, 0.1) is 6.92 Å².